The van der Waals surface area contributed by atoms with Crippen LogP contribution in [0.25, 0.3) is 11.4 Å². The third-order valence-electron chi connectivity index (χ3n) is 5.40. The fourth-order valence-corrected chi connectivity index (χ4v) is 3.73. The molecule has 0 unspecified atom stereocenters. The number of ether oxygens (including phenoxy) is 3. The Morgan fingerprint density at radius 2 is 1.73 bits per heavy atom. The summed E-state index contributed by atoms with van der Waals surface area (Å²) in [5, 5.41) is 5.27. The molecular weight excluding hydrogens is 481 g/mol. The summed E-state index contributed by atoms with van der Waals surface area (Å²) in [5.41, 5.74) is 1.51. The number of nitrogens with zero attached hydrogens (tertiary/aromatic N) is 3. The minimum absolute atomic E-state index is 0.0480. The van der Waals surface area contributed by atoms with Gasteiger partial charge in [0.05, 0.1) is 26.4 Å². The molecule has 1 aliphatic heterocycles. The van der Waals surface area contributed by atoms with Gasteiger partial charge in [-0.05, 0) is 56.3 Å². The molecule has 2 N–H and O–H groups in total. The highest BCUT2D eigenvalue weighted by atomic mass is 19.1. The Kier molecular flexibility index (Phi) is 8.47. The predicted molar refractivity (Wildman–Crippen MR) is 137 cm³/mol. The van der Waals surface area contributed by atoms with E-state index in [1.54, 1.807) is 37.3 Å². The normalized spacial score (nSPS) is 13.1. The van der Waals surface area contributed by atoms with E-state index in [0.29, 0.717) is 61.5 Å². The van der Waals surface area contributed by atoms with E-state index in [1.165, 1.54) is 18.2 Å². The number of urea groups is 1. The summed E-state index contributed by atoms with van der Waals surface area (Å²) >= 11 is 0. The first kappa shape index (κ1) is 25.8. The molecule has 2 aromatic carbocycles. The second-order valence-electron chi connectivity index (χ2n) is 7.97. The molecular formula is C26H28FN5O5. The molecule has 3 aromatic rings. The Bertz CT molecular complexity index is 1250. The number of benzene rings is 2. The van der Waals surface area contributed by atoms with Crippen molar-refractivity contribution in [2.24, 2.45) is 0 Å². The van der Waals surface area contributed by atoms with E-state index in [9.17, 15) is 14.0 Å². The molecule has 0 aliphatic carbocycles. The van der Waals surface area contributed by atoms with Gasteiger partial charge in [-0.1, -0.05) is 6.07 Å². The van der Waals surface area contributed by atoms with Gasteiger partial charge in [0.1, 0.15) is 5.82 Å². The third kappa shape index (κ3) is 6.50. The molecule has 1 fully saturated rings. The second-order valence-corrected chi connectivity index (χ2v) is 7.97. The van der Waals surface area contributed by atoms with Crippen molar-refractivity contribution in [1.82, 2.24) is 9.97 Å². The molecule has 2 amide bonds. The van der Waals surface area contributed by atoms with Crippen LogP contribution in [0.15, 0.2) is 48.5 Å². The minimum Gasteiger partial charge on any atom is -0.488 e. The lowest BCUT2D eigenvalue weighted by Crippen LogP contribution is -2.37. The van der Waals surface area contributed by atoms with Crippen LogP contribution in [-0.4, -0.2) is 61.5 Å². The van der Waals surface area contributed by atoms with E-state index in [1.807, 2.05) is 11.8 Å². The zero-order chi connectivity index (χ0) is 26.2. The van der Waals surface area contributed by atoms with Crippen LogP contribution in [0.4, 0.5) is 26.4 Å². The summed E-state index contributed by atoms with van der Waals surface area (Å²) in [5.74, 6) is 0.0325. The number of anilines is 3. The van der Waals surface area contributed by atoms with Crippen molar-refractivity contribution in [1.29, 1.82) is 0 Å². The first-order valence-corrected chi connectivity index (χ1v) is 12.0. The number of aromatic nitrogens is 2. The maximum atomic E-state index is 13.4. The summed E-state index contributed by atoms with van der Waals surface area (Å²) in [7, 11) is 0. The maximum Gasteiger partial charge on any atom is 0.361 e. The van der Waals surface area contributed by atoms with E-state index in [-0.39, 0.29) is 18.1 Å². The quantitative estimate of drug-likeness (QED) is 0.431. The molecule has 37 heavy (non-hydrogen) atoms. The lowest BCUT2D eigenvalue weighted by molar-refractivity contribution is 0.0514. The molecule has 1 aromatic heterocycles. The number of nitrogens with one attached hydrogen (secondary N) is 2. The number of carbonyl (C=O) groups excluding carboxylic acids is 2. The number of halogens is 1. The van der Waals surface area contributed by atoms with Gasteiger partial charge in [-0.15, -0.1) is 0 Å². The molecule has 1 saturated heterocycles. The van der Waals surface area contributed by atoms with E-state index in [2.05, 4.69) is 15.6 Å². The lowest BCUT2D eigenvalue weighted by Gasteiger charge is -2.29. The average molecular weight is 510 g/mol. The van der Waals surface area contributed by atoms with Crippen LogP contribution < -0.4 is 20.3 Å². The van der Waals surface area contributed by atoms with Crippen molar-refractivity contribution in [2.75, 3.05) is 55.1 Å². The average Bonchev–Trinajstić information content (AvgIpc) is 2.90. The van der Waals surface area contributed by atoms with Gasteiger partial charge in [-0.25, -0.2) is 23.9 Å². The zero-order valence-electron chi connectivity index (χ0n) is 20.6. The Morgan fingerprint density at radius 3 is 2.41 bits per heavy atom. The zero-order valence-corrected chi connectivity index (χ0v) is 20.6. The molecule has 11 heteroatoms. The Balaban J connectivity index is 1.61. The fraction of sp³-hybridized carbons (Fsp3) is 0.308. The van der Waals surface area contributed by atoms with Crippen molar-refractivity contribution < 1.29 is 28.2 Å². The molecule has 0 saturated carbocycles. The Hall–Kier alpha value is -4.25. The number of esters is 1. The smallest absolute Gasteiger partial charge is 0.361 e. The first-order chi connectivity index (χ1) is 18.0. The Morgan fingerprint density at radius 1 is 1.00 bits per heavy atom. The van der Waals surface area contributed by atoms with Gasteiger partial charge in [0.15, 0.2) is 23.1 Å². The number of hydrogen-bond donors (Lipinski definition) is 2. The summed E-state index contributed by atoms with van der Waals surface area (Å²) in [4.78, 5) is 36.3. The van der Waals surface area contributed by atoms with Gasteiger partial charge in [-0.3, -0.25) is 0 Å². The fourth-order valence-electron chi connectivity index (χ4n) is 3.73. The number of rotatable bonds is 8. The van der Waals surface area contributed by atoms with Crippen LogP contribution in [0, 0.1) is 5.82 Å². The van der Waals surface area contributed by atoms with Crippen molar-refractivity contribution >= 4 is 29.2 Å². The number of hydrogen-bond acceptors (Lipinski definition) is 8. The summed E-state index contributed by atoms with van der Waals surface area (Å²) < 4.78 is 29.9. The van der Waals surface area contributed by atoms with Gasteiger partial charge >= 0.3 is 12.0 Å². The molecule has 0 spiro atoms. The third-order valence-corrected chi connectivity index (χ3v) is 5.40. The Labute approximate surface area is 213 Å². The molecule has 194 valence electrons. The van der Waals surface area contributed by atoms with E-state index in [0.717, 1.165) is 0 Å². The number of amides is 2. The SMILES string of the molecule is CCOC(=O)c1nc(-c2ccc(NC(=O)Nc3cccc(F)c3)cc2)nc(N2CCOCC2)c1OCC. The molecule has 0 bridgehead atoms. The van der Waals surface area contributed by atoms with Crippen LogP contribution in [0.2, 0.25) is 0 Å². The molecule has 4 rings (SSSR count). The highest BCUT2D eigenvalue weighted by Gasteiger charge is 2.27. The molecule has 1 aliphatic rings. The summed E-state index contributed by atoms with van der Waals surface area (Å²) in [6.45, 7) is 6.28. The van der Waals surface area contributed by atoms with Crippen LogP contribution >= 0.6 is 0 Å². The van der Waals surface area contributed by atoms with Gasteiger partial charge in [0, 0.05) is 30.0 Å². The van der Waals surface area contributed by atoms with Gasteiger partial charge in [0.2, 0.25) is 0 Å². The van der Waals surface area contributed by atoms with E-state index in [4.69, 9.17) is 19.2 Å². The van der Waals surface area contributed by atoms with Crippen LogP contribution in [-0.2, 0) is 9.47 Å². The van der Waals surface area contributed by atoms with Crippen molar-refractivity contribution in [3.05, 3.63) is 60.0 Å². The van der Waals surface area contributed by atoms with Gasteiger partial charge in [-0.2, -0.15) is 0 Å². The highest BCUT2D eigenvalue weighted by molar-refractivity contribution is 5.99. The molecule has 0 radical (unpaired) electrons. The summed E-state index contributed by atoms with van der Waals surface area (Å²) in [6.07, 6.45) is 0. The van der Waals surface area contributed by atoms with E-state index < -0.39 is 17.8 Å². The second kappa shape index (κ2) is 12.1. The standard InChI is InChI=1S/C26H28FN5O5/c1-3-36-22-21(25(33)37-4-2)30-23(31-24(22)32-12-14-35-15-13-32)17-8-10-19(11-9-17)28-26(34)29-20-7-5-6-18(27)16-20/h5-11,16H,3-4,12-15H2,1-2H3,(H2,28,29,34). The largest absolute Gasteiger partial charge is 0.488 e. The first-order valence-electron chi connectivity index (χ1n) is 12.0. The van der Waals surface area contributed by atoms with Crippen LogP contribution in [0.5, 0.6) is 5.75 Å². The lowest BCUT2D eigenvalue weighted by atomic mass is 10.2. The van der Waals surface area contributed by atoms with E-state index >= 15 is 0 Å². The van der Waals surface area contributed by atoms with Crippen LogP contribution in [0.3, 0.4) is 0 Å². The monoisotopic (exact) mass is 509 g/mol. The predicted octanol–water partition coefficient (Wildman–Crippen LogP) is 4.34. The maximum absolute atomic E-state index is 13.4. The molecule has 2 heterocycles. The minimum atomic E-state index is -0.601. The van der Waals surface area contributed by atoms with Crippen LogP contribution in [0.1, 0.15) is 24.3 Å². The van der Waals surface area contributed by atoms with Crippen molar-refractivity contribution in [3.8, 4) is 17.1 Å². The summed E-state index contributed by atoms with van der Waals surface area (Å²) in [6, 6.07) is 11.9. The number of morpholine rings is 1. The van der Waals surface area contributed by atoms with Crippen molar-refractivity contribution in [2.45, 2.75) is 13.8 Å². The van der Waals surface area contributed by atoms with Gasteiger partial charge in [0.25, 0.3) is 0 Å². The van der Waals surface area contributed by atoms with Gasteiger partial charge < -0.3 is 29.7 Å². The molecule has 0 atom stereocenters. The van der Waals surface area contributed by atoms with Crippen molar-refractivity contribution in [3.63, 3.8) is 0 Å². The topological polar surface area (TPSA) is 115 Å². The number of carbonyl (C=O) groups is 2. The molecule has 10 nitrogen and oxygen atoms in total. The highest BCUT2D eigenvalue weighted by Crippen LogP contribution is 2.33.